The summed E-state index contributed by atoms with van der Waals surface area (Å²) >= 11 is 0. The second kappa shape index (κ2) is 8.67. The maximum atomic E-state index is 12.7. The van der Waals surface area contributed by atoms with Gasteiger partial charge in [-0.1, -0.05) is 36.4 Å². The molecule has 25 heavy (non-hydrogen) atoms. The third kappa shape index (κ3) is 6.23. The fraction of sp³-hybridized carbons (Fsp3) is 0.316. The van der Waals surface area contributed by atoms with Crippen molar-refractivity contribution < 1.29 is 28.0 Å². The SMILES string of the molecule is C[C@H](Cc1cccc(C(F)(F)F)c1)[NH2+]CCOC(=O)c1ccccc1. The summed E-state index contributed by atoms with van der Waals surface area (Å²) in [6.07, 6.45) is -3.81. The summed E-state index contributed by atoms with van der Waals surface area (Å²) in [6, 6.07) is 14.2. The van der Waals surface area contributed by atoms with Gasteiger partial charge in [0.05, 0.1) is 17.2 Å². The fourth-order valence-electron chi connectivity index (χ4n) is 2.49. The predicted molar refractivity (Wildman–Crippen MR) is 88.1 cm³/mol. The number of halogens is 3. The van der Waals surface area contributed by atoms with Crippen molar-refractivity contribution in [1.29, 1.82) is 0 Å². The summed E-state index contributed by atoms with van der Waals surface area (Å²) in [5.41, 5.74) is 0.508. The van der Waals surface area contributed by atoms with Crippen LogP contribution in [-0.4, -0.2) is 25.2 Å². The average Bonchev–Trinajstić information content (AvgIpc) is 2.59. The van der Waals surface area contributed by atoms with Crippen LogP contribution in [0.4, 0.5) is 13.2 Å². The van der Waals surface area contributed by atoms with E-state index in [-0.39, 0.29) is 18.6 Å². The first kappa shape index (κ1) is 19.0. The van der Waals surface area contributed by atoms with E-state index >= 15 is 0 Å². The minimum atomic E-state index is -4.32. The van der Waals surface area contributed by atoms with Crippen molar-refractivity contribution in [2.45, 2.75) is 25.6 Å². The Morgan fingerprint density at radius 1 is 1.12 bits per heavy atom. The van der Waals surface area contributed by atoms with Crippen molar-refractivity contribution in [2.75, 3.05) is 13.2 Å². The lowest BCUT2D eigenvalue weighted by Crippen LogP contribution is -2.90. The zero-order valence-corrected chi connectivity index (χ0v) is 13.9. The molecule has 0 aliphatic carbocycles. The maximum absolute atomic E-state index is 12.7. The number of benzene rings is 2. The quantitative estimate of drug-likeness (QED) is 0.615. The average molecular weight is 352 g/mol. The second-order valence-electron chi connectivity index (χ2n) is 5.91. The van der Waals surface area contributed by atoms with Gasteiger partial charge in [0.2, 0.25) is 0 Å². The van der Waals surface area contributed by atoms with E-state index in [9.17, 15) is 18.0 Å². The van der Waals surface area contributed by atoms with Crippen LogP contribution in [0.1, 0.15) is 28.4 Å². The molecule has 134 valence electrons. The molecule has 2 aromatic rings. The normalized spacial score (nSPS) is 12.6. The number of alkyl halides is 3. The van der Waals surface area contributed by atoms with E-state index in [1.165, 1.54) is 12.1 Å². The molecule has 0 unspecified atom stereocenters. The Hall–Kier alpha value is -2.34. The predicted octanol–water partition coefficient (Wildman–Crippen LogP) is 3.06. The van der Waals surface area contributed by atoms with Gasteiger partial charge in [0, 0.05) is 6.42 Å². The number of rotatable bonds is 7. The van der Waals surface area contributed by atoms with Crippen LogP contribution >= 0.6 is 0 Å². The second-order valence-corrected chi connectivity index (χ2v) is 5.91. The number of esters is 1. The monoisotopic (exact) mass is 352 g/mol. The molecule has 2 aromatic carbocycles. The first-order valence-corrected chi connectivity index (χ1v) is 8.08. The molecule has 0 heterocycles. The first-order chi connectivity index (χ1) is 11.9. The highest BCUT2D eigenvalue weighted by Crippen LogP contribution is 2.29. The summed E-state index contributed by atoms with van der Waals surface area (Å²) in [5, 5.41) is 1.96. The van der Waals surface area contributed by atoms with Crippen LogP contribution in [-0.2, 0) is 17.3 Å². The maximum Gasteiger partial charge on any atom is 0.416 e. The van der Waals surface area contributed by atoms with Crippen LogP contribution in [0.25, 0.3) is 0 Å². The molecule has 0 aliphatic rings. The number of nitrogens with two attached hydrogens (primary N) is 1. The molecule has 6 heteroatoms. The van der Waals surface area contributed by atoms with Gasteiger partial charge in [0.15, 0.2) is 0 Å². The van der Waals surface area contributed by atoms with Crippen LogP contribution in [0.5, 0.6) is 0 Å². The molecule has 3 nitrogen and oxygen atoms in total. The number of carbonyl (C=O) groups is 1. The van der Waals surface area contributed by atoms with Gasteiger partial charge in [0.1, 0.15) is 13.2 Å². The topological polar surface area (TPSA) is 42.9 Å². The van der Waals surface area contributed by atoms with Crippen LogP contribution in [0.3, 0.4) is 0 Å². The first-order valence-electron chi connectivity index (χ1n) is 8.08. The number of ether oxygens (including phenoxy) is 1. The van der Waals surface area contributed by atoms with Crippen molar-refractivity contribution in [3.63, 3.8) is 0 Å². The molecule has 0 bridgehead atoms. The van der Waals surface area contributed by atoms with Gasteiger partial charge in [-0.3, -0.25) is 0 Å². The lowest BCUT2D eigenvalue weighted by atomic mass is 10.0. The smallest absolute Gasteiger partial charge is 0.416 e. The molecule has 0 amide bonds. The highest BCUT2D eigenvalue weighted by Gasteiger charge is 2.30. The summed E-state index contributed by atoms with van der Waals surface area (Å²) in [6.45, 7) is 2.73. The van der Waals surface area contributed by atoms with Gasteiger partial charge in [-0.2, -0.15) is 13.2 Å². The van der Waals surface area contributed by atoms with E-state index in [1.54, 1.807) is 30.3 Å². The van der Waals surface area contributed by atoms with E-state index in [1.807, 2.05) is 18.3 Å². The molecule has 1 atom stereocenters. The molecule has 0 radical (unpaired) electrons. The Morgan fingerprint density at radius 3 is 2.52 bits per heavy atom. The Morgan fingerprint density at radius 2 is 1.84 bits per heavy atom. The molecule has 0 aromatic heterocycles. The summed E-state index contributed by atoms with van der Waals surface area (Å²) in [5.74, 6) is -0.375. The number of quaternary nitrogens is 1. The van der Waals surface area contributed by atoms with Crippen molar-refractivity contribution in [3.05, 3.63) is 71.3 Å². The largest absolute Gasteiger partial charge is 0.456 e. The fourth-order valence-corrected chi connectivity index (χ4v) is 2.49. The van der Waals surface area contributed by atoms with E-state index in [0.717, 1.165) is 6.07 Å². The molecule has 0 saturated heterocycles. The third-order valence-corrected chi connectivity index (χ3v) is 3.74. The molecule has 0 aliphatic heterocycles. The van der Waals surface area contributed by atoms with Gasteiger partial charge in [-0.05, 0) is 30.7 Å². The minimum Gasteiger partial charge on any atom is -0.456 e. The van der Waals surface area contributed by atoms with Gasteiger partial charge in [-0.25, -0.2) is 4.79 Å². The Kier molecular flexibility index (Phi) is 6.58. The molecule has 0 saturated carbocycles. The minimum absolute atomic E-state index is 0.0823. The standard InChI is InChI=1S/C19H20F3NO2/c1-14(12-15-6-5-9-17(13-15)19(20,21)22)23-10-11-25-18(24)16-7-3-2-4-8-16/h2-9,13-14,23H,10-12H2,1H3/p+1/t14-/m1/s1. The van der Waals surface area contributed by atoms with Gasteiger partial charge < -0.3 is 10.1 Å². The highest BCUT2D eigenvalue weighted by atomic mass is 19.4. The molecule has 2 rings (SSSR count). The number of hydrogen-bond acceptors (Lipinski definition) is 2. The van der Waals surface area contributed by atoms with E-state index < -0.39 is 11.7 Å². The van der Waals surface area contributed by atoms with Crippen molar-refractivity contribution in [2.24, 2.45) is 0 Å². The molecule has 0 fully saturated rings. The lowest BCUT2D eigenvalue weighted by molar-refractivity contribution is -0.686. The van der Waals surface area contributed by atoms with Gasteiger partial charge in [0.25, 0.3) is 0 Å². The van der Waals surface area contributed by atoms with E-state index in [0.29, 0.717) is 24.1 Å². The van der Waals surface area contributed by atoms with Crippen LogP contribution in [0.2, 0.25) is 0 Å². The zero-order valence-electron chi connectivity index (χ0n) is 13.9. The Balaban J connectivity index is 1.74. The zero-order chi connectivity index (χ0) is 18.3. The summed E-state index contributed by atoms with van der Waals surface area (Å²) in [4.78, 5) is 11.8. The van der Waals surface area contributed by atoms with Gasteiger partial charge >= 0.3 is 12.1 Å². The molecule has 2 N–H and O–H groups in total. The Labute approximate surface area is 144 Å². The van der Waals surface area contributed by atoms with E-state index in [4.69, 9.17) is 4.74 Å². The number of hydrogen-bond donors (Lipinski definition) is 1. The highest BCUT2D eigenvalue weighted by molar-refractivity contribution is 5.89. The number of carbonyl (C=O) groups excluding carboxylic acids is 1. The van der Waals surface area contributed by atoms with Crippen molar-refractivity contribution in [3.8, 4) is 0 Å². The van der Waals surface area contributed by atoms with Crippen LogP contribution in [0, 0.1) is 0 Å². The Bertz CT molecular complexity index is 687. The molecular weight excluding hydrogens is 331 g/mol. The van der Waals surface area contributed by atoms with Gasteiger partial charge in [-0.15, -0.1) is 0 Å². The van der Waals surface area contributed by atoms with E-state index in [2.05, 4.69) is 0 Å². The van der Waals surface area contributed by atoms with Crippen LogP contribution in [0.15, 0.2) is 54.6 Å². The van der Waals surface area contributed by atoms with Crippen molar-refractivity contribution >= 4 is 5.97 Å². The summed E-state index contributed by atoms with van der Waals surface area (Å²) in [7, 11) is 0. The molecule has 0 spiro atoms. The summed E-state index contributed by atoms with van der Waals surface area (Å²) < 4.78 is 43.3. The third-order valence-electron chi connectivity index (χ3n) is 3.74. The van der Waals surface area contributed by atoms with Crippen LogP contribution < -0.4 is 5.32 Å². The lowest BCUT2D eigenvalue weighted by Gasteiger charge is -2.13. The molecular formula is C19H21F3NO2+. The van der Waals surface area contributed by atoms with Crippen molar-refractivity contribution in [1.82, 2.24) is 0 Å².